The van der Waals surface area contributed by atoms with Crippen LogP contribution in [0.25, 0.3) is 0 Å². The van der Waals surface area contributed by atoms with E-state index in [0.717, 1.165) is 43.4 Å². The quantitative estimate of drug-likeness (QED) is 0.334. The Morgan fingerprint density at radius 1 is 0.816 bits per heavy atom. The fraction of sp³-hybridized carbons (Fsp3) is 0.286. The molecule has 3 amide bonds. The molecule has 0 saturated heterocycles. The second kappa shape index (κ2) is 12.4. The fourth-order valence-corrected chi connectivity index (χ4v) is 4.18. The molecule has 0 bridgehead atoms. The highest BCUT2D eigenvalue weighted by atomic mass is 19.4. The number of carbonyl (C=O) groups excluding carboxylic acids is 2. The average molecular weight is 528 g/mol. The number of hydrogen-bond donors (Lipinski definition) is 3. The van der Waals surface area contributed by atoms with Crippen molar-refractivity contribution in [3.05, 3.63) is 90.0 Å². The molecule has 0 radical (unpaired) electrons. The van der Waals surface area contributed by atoms with Gasteiger partial charge in [-0.2, -0.15) is 0 Å². The van der Waals surface area contributed by atoms with E-state index in [-0.39, 0.29) is 23.8 Å². The maximum atomic E-state index is 12.4. The third kappa shape index (κ3) is 8.43. The van der Waals surface area contributed by atoms with Gasteiger partial charge in [0.2, 0.25) is 0 Å². The number of alkyl halides is 3. The van der Waals surface area contributed by atoms with Crippen molar-refractivity contribution in [2.75, 3.05) is 5.32 Å². The van der Waals surface area contributed by atoms with E-state index in [0.29, 0.717) is 23.5 Å². The highest BCUT2D eigenvalue weighted by Gasteiger charge is 2.31. The molecule has 38 heavy (non-hydrogen) atoms. The molecule has 1 saturated carbocycles. The van der Waals surface area contributed by atoms with Crippen LogP contribution in [0.1, 0.15) is 41.6 Å². The number of benzene rings is 3. The number of urea groups is 1. The molecule has 3 aromatic rings. The first-order valence-corrected chi connectivity index (χ1v) is 12.3. The summed E-state index contributed by atoms with van der Waals surface area (Å²) in [6.07, 6.45) is -1.85. The molecular formula is C28H28F3N3O4. The number of carbonyl (C=O) groups is 2. The Morgan fingerprint density at radius 2 is 1.45 bits per heavy atom. The van der Waals surface area contributed by atoms with Crippen LogP contribution in [0.4, 0.5) is 23.7 Å². The van der Waals surface area contributed by atoms with Gasteiger partial charge >= 0.3 is 12.4 Å². The van der Waals surface area contributed by atoms with Crippen LogP contribution in [0.15, 0.2) is 78.9 Å². The van der Waals surface area contributed by atoms with Crippen molar-refractivity contribution in [2.24, 2.45) is 0 Å². The van der Waals surface area contributed by atoms with E-state index in [9.17, 15) is 22.8 Å². The van der Waals surface area contributed by atoms with Gasteiger partial charge in [0.05, 0.1) is 6.10 Å². The van der Waals surface area contributed by atoms with E-state index < -0.39 is 12.4 Å². The van der Waals surface area contributed by atoms with Crippen LogP contribution >= 0.6 is 0 Å². The molecule has 1 fully saturated rings. The predicted octanol–water partition coefficient (Wildman–Crippen LogP) is 6.03. The van der Waals surface area contributed by atoms with Crippen molar-refractivity contribution in [1.82, 2.24) is 10.6 Å². The lowest BCUT2D eigenvalue weighted by Crippen LogP contribution is -2.41. The summed E-state index contributed by atoms with van der Waals surface area (Å²) >= 11 is 0. The zero-order chi connectivity index (χ0) is 27.0. The largest absolute Gasteiger partial charge is 0.573 e. The molecule has 0 unspecified atom stereocenters. The molecule has 200 valence electrons. The second-order valence-electron chi connectivity index (χ2n) is 8.95. The summed E-state index contributed by atoms with van der Waals surface area (Å²) in [5, 5.41) is 8.40. The molecule has 0 aromatic heterocycles. The summed E-state index contributed by atoms with van der Waals surface area (Å²) in [7, 11) is 0. The maximum absolute atomic E-state index is 12.4. The molecule has 3 aromatic carbocycles. The molecule has 4 rings (SSSR count). The Bertz CT molecular complexity index is 1190. The lowest BCUT2D eigenvalue weighted by Gasteiger charge is -2.29. The number of amides is 3. The van der Waals surface area contributed by atoms with Crippen LogP contribution in [0.2, 0.25) is 0 Å². The maximum Gasteiger partial charge on any atom is 0.573 e. The first-order chi connectivity index (χ1) is 18.2. The van der Waals surface area contributed by atoms with E-state index in [1.807, 2.05) is 30.3 Å². The van der Waals surface area contributed by atoms with Gasteiger partial charge in [-0.25, -0.2) is 4.79 Å². The first kappa shape index (κ1) is 26.8. The summed E-state index contributed by atoms with van der Waals surface area (Å²) in [6.45, 7) is 0.455. The van der Waals surface area contributed by atoms with Crippen LogP contribution in [0.3, 0.4) is 0 Å². The van der Waals surface area contributed by atoms with Crippen molar-refractivity contribution >= 4 is 17.6 Å². The van der Waals surface area contributed by atoms with Gasteiger partial charge in [0.15, 0.2) is 0 Å². The highest BCUT2D eigenvalue weighted by Crippen LogP contribution is 2.26. The molecule has 0 atom stereocenters. The topological polar surface area (TPSA) is 88.7 Å². The van der Waals surface area contributed by atoms with E-state index >= 15 is 0 Å². The van der Waals surface area contributed by atoms with E-state index in [1.165, 1.54) is 12.1 Å². The zero-order valence-corrected chi connectivity index (χ0v) is 20.5. The Kier molecular flexibility index (Phi) is 8.73. The van der Waals surface area contributed by atoms with Crippen LogP contribution in [-0.2, 0) is 6.54 Å². The molecular weight excluding hydrogens is 499 g/mol. The second-order valence-corrected chi connectivity index (χ2v) is 8.95. The van der Waals surface area contributed by atoms with Gasteiger partial charge < -0.3 is 25.4 Å². The standard InChI is InChI=1S/C28H28F3N3O4/c29-28(30,31)38-25-16-10-22(11-17-25)34-27(36)33-21-8-14-24(15-9-21)37-23-12-6-20(7-13-23)26(35)32-18-19-4-2-1-3-5-19/h1-7,10-13,16-17,21,24H,8-9,14-15,18H2,(H,32,35)(H2,33,34,36). The molecule has 0 aliphatic heterocycles. The third-order valence-electron chi connectivity index (χ3n) is 6.07. The Morgan fingerprint density at radius 3 is 2.08 bits per heavy atom. The summed E-state index contributed by atoms with van der Waals surface area (Å²) in [6, 6.07) is 21.2. The highest BCUT2D eigenvalue weighted by molar-refractivity contribution is 5.94. The monoisotopic (exact) mass is 527 g/mol. The molecule has 10 heteroatoms. The SMILES string of the molecule is O=C(Nc1ccc(OC(F)(F)F)cc1)NC1CCC(Oc2ccc(C(=O)NCc3ccccc3)cc2)CC1. The van der Waals surface area contributed by atoms with Crippen molar-refractivity contribution < 1.29 is 32.2 Å². The summed E-state index contributed by atoms with van der Waals surface area (Å²) in [5.74, 6) is 0.162. The minimum atomic E-state index is -4.77. The van der Waals surface area contributed by atoms with E-state index in [1.54, 1.807) is 24.3 Å². The van der Waals surface area contributed by atoms with Crippen LogP contribution in [0, 0.1) is 0 Å². The van der Waals surface area contributed by atoms with Crippen LogP contribution < -0.4 is 25.4 Å². The minimum Gasteiger partial charge on any atom is -0.490 e. The van der Waals surface area contributed by atoms with Gasteiger partial charge in [-0.15, -0.1) is 13.2 Å². The van der Waals surface area contributed by atoms with Gasteiger partial charge in [0.1, 0.15) is 11.5 Å². The number of halogens is 3. The zero-order valence-electron chi connectivity index (χ0n) is 20.5. The molecule has 1 aliphatic carbocycles. The molecule has 0 spiro atoms. The molecule has 7 nitrogen and oxygen atoms in total. The minimum absolute atomic E-state index is 0.00459. The van der Waals surface area contributed by atoms with Crippen molar-refractivity contribution in [3.8, 4) is 11.5 Å². The fourth-order valence-electron chi connectivity index (χ4n) is 4.18. The Labute approximate surface area is 218 Å². The Balaban J connectivity index is 1.16. The van der Waals surface area contributed by atoms with Crippen molar-refractivity contribution in [1.29, 1.82) is 0 Å². The normalized spacial score (nSPS) is 17.2. The number of ether oxygens (including phenoxy) is 2. The molecule has 1 aliphatic rings. The number of nitrogens with one attached hydrogen (secondary N) is 3. The number of rotatable bonds is 8. The van der Waals surface area contributed by atoms with Gasteiger partial charge in [0, 0.05) is 23.8 Å². The Hall–Kier alpha value is -4.21. The van der Waals surface area contributed by atoms with E-state index in [4.69, 9.17) is 4.74 Å². The van der Waals surface area contributed by atoms with E-state index in [2.05, 4.69) is 20.7 Å². The first-order valence-electron chi connectivity index (χ1n) is 12.3. The van der Waals surface area contributed by atoms with Crippen LogP contribution in [0.5, 0.6) is 11.5 Å². The summed E-state index contributed by atoms with van der Waals surface area (Å²) in [4.78, 5) is 24.7. The molecule has 3 N–H and O–H groups in total. The average Bonchev–Trinajstić information content (AvgIpc) is 2.90. The predicted molar refractivity (Wildman–Crippen MR) is 136 cm³/mol. The van der Waals surface area contributed by atoms with Gasteiger partial charge in [-0.05, 0) is 79.8 Å². The smallest absolute Gasteiger partial charge is 0.490 e. The van der Waals surface area contributed by atoms with Crippen LogP contribution in [-0.4, -0.2) is 30.4 Å². The van der Waals surface area contributed by atoms with Crippen molar-refractivity contribution in [2.45, 2.75) is 50.7 Å². The summed E-state index contributed by atoms with van der Waals surface area (Å²) in [5.41, 5.74) is 1.93. The lowest BCUT2D eigenvalue weighted by atomic mass is 9.93. The van der Waals surface area contributed by atoms with Crippen molar-refractivity contribution in [3.63, 3.8) is 0 Å². The lowest BCUT2D eigenvalue weighted by molar-refractivity contribution is -0.274. The summed E-state index contributed by atoms with van der Waals surface area (Å²) < 4.78 is 46.7. The van der Waals surface area contributed by atoms with Gasteiger partial charge in [-0.3, -0.25) is 4.79 Å². The number of hydrogen-bond acceptors (Lipinski definition) is 4. The third-order valence-corrected chi connectivity index (χ3v) is 6.07. The van der Waals surface area contributed by atoms with Gasteiger partial charge in [-0.1, -0.05) is 30.3 Å². The molecule has 0 heterocycles. The number of anilines is 1. The van der Waals surface area contributed by atoms with Gasteiger partial charge in [0.25, 0.3) is 5.91 Å².